The fourth-order valence-electron chi connectivity index (χ4n) is 4.78. The molecule has 0 radical (unpaired) electrons. The second-order valence-corrected chi connectivity index (χ2v) is 9.19. The summed E-state index contributed by atoms with van der Waals surface area (Å²) in [5, 5.41) is 6.84. The van der Waals surface area contributed by atoms with Crippen molar-refractivity contribution in [2.45, 2.75) is 50.5 Å². The molecule has 170 valence electrons. The molecule has 3 fully saturated rings. The number of carbonyl (C=O) groups excluding carboxylic acids is 2. The molecular formula is C23H33ClN4O3. The molecule has 0 bridgehead atoms. The van der Waals surface area contributed by atoms with Gasteiger partial charge in [0.2, 0.25) is 5.91 Å². The molecule has 0 aromatic heterocycles. The monoisotopic (exact) mass is 448 g/mol. The molecule has 3 aliphatic heterocycles. The van der Waals surface area contributed by atoms with E-state index >= 15 is 0 Å². The highest BCUT2D eigenvalue weighted by Gasteiger charge is 2.27. The predicted molar refractivity (Wildman–Crippen MR) is 121 cm³/mol. The summed E-state index contributed by atoms with van der Waals surface area (Å²) in [7, 11) is 0. The summed E-state index contributed by atoms with van der Waals surface area (Å²) in [6.45, 7) is 5.00. The summed E-state index contributed by atoms with van der Waals surface area (Å²) in [6.07, 6.45) is 6.08. The normalized spacial score (nSPS) is 20.7. The van der Waals surface area contributed by atoms with Crippen LogP contribution in [-0.4, -0.2) is 73.7 Å². The van der Waals surface area contributed by atoms with Crippen LogP contribution in [-0.2, 0) is 4.79 Å². The van der Waals surface area contributed by atoms with Gasteiger partial charge in [-0.15, -0.1) is 0 Å². The predicted octanol–water partition coefficient (Wildman–Crippen LogP) is 2.98. The average molecular weight is 449 g/mol. The fourth-order valence-corrected chi connectivity index (χ4v) is 4.94. The second kappa shape index (κ2) is 10.6. The lowest BCUT2D eigenvalue weighted by Gasteiger charge is -2.34. The van der Waals surface area contributed by atoms with Gasteiger partial charge in [0.1, 0.15) is 11.9 Å². The van der Waals surface area contributed by atoms with Crippen molar-refractivity contribution >= 4 is 23.5 Å². The Hall–Kier alpha value is -1.99. The Labute approximate surface area is 189 Å². The molecule has 4 rings (SSSR count). The lowest BCUT2D eigenvalue weighted by atomic mass is 9.88. The largest absolute Gasteiger partial charge is 0.490 e. The van der Waals surface area contributed by atoms with E-state index in [1.165, 1.54) is 5.56 Å². The molecule has 3 saturated heterocycles. The van der Waals surface area contributed by atoms with Crippen molar-refractivity contribution in [1.82, 2.24) is 20.4 Å². The number of hydrogen-bond acceptors (Lipinski definition) is 4. The first kappa shape index (κ1) is 22.2. The van der Waals surface area contributed by atoms with Crippen LogP contribution in [0.4, 0.5) is 4.79 Å². The van der Waals surface area contributed by atoms with Crippen molar-refractivity contribution in [2.75, 3.05) is 45.8 Å². The number of ether oxygens (including phenoxy) is 1. The summed E-state index contributed by atoms with van der Waals surface area (Å²) in [5.41, 5.74) is 1.19. The number of halogens is 1. The number of piperidine rings is 2. The van der Waals surface area contributed by atoms with Crippen LogP contribution in [0.5, 0.6) is 5.75 Å². The first-order valence-corrected chi connectivity index (χ1v) is 12.0. The van der Waals surface area contributed by atoms with E-state index in [0.29, 0.717) is 24.0 Å². The minimum absolute atomic E-state index is 0.00622. The molecule has 1 aromatic rings. The molecule has 1 aromatic carbocycles. The van der Waals surface area contributed by atoms with Gasteiger partial charge in [-0.25, -0.2) is 4.79 Å². The zero-order chi connectivity index (χ0) is 21.6. The minimum atomic E-state index is -0.124. The fraction of sp³-hybridized carbons (Fsp3) is 0.652. The van der Waals surface area contributed by atoms with Gasteiger partial charge < -0.3 is 25.2 Å². The molecule has 2 N–H and O–H groups in total. The summed E-state index contributed by atoms with van der Waals surface area (Å²) in [5.74, 6) is 1.23. The average Bonchev–Trinajstić information content (AvgIpc) is 3.33. The number of likely N-dealkylation sites (tertiary alicyclic amines) is 2. The molecule has 8 heteroatoms. The number of benzene rings is 1. The lowest BCUT2D eigenvalue weighted by molar-refractivity contribution is -0.131. The molecule has 0 aliphatic carbocycles. The lowest BCUT2D eigenvalue weighted by Crippen LogP contribution is -2.46. The molecule has 7 nitrogen and oxygen atoms in total. The highest BCUT2D eigenvalue weighted by atomic mass is 35.5. The third-order valence-corrected chi connectivity index (χ3v) is 6.86. The molecule has 3 aliphatic rings. The Bertz CT molecular complexity index is 770. The summed E-state index contributed by atoms with van der Waals surface area (Å²) in [4.78, 5) is 28.3. The maximum atomic E-state index is 12.6. The zero-order valence-electron chi connectivity index (χ0n) is 18.1. The highest BCUT2D eigenvalue weighted by molar-refractivity contribution is 6.30. The van der Waals surface area contributed by atoms with Gasteiger partial charge in [-0.05, 0) is 75.2 Å². The molecule has 0 unspecified atom stereocenters. The standard InChI is InChI=1S/C23H33ClN4O3/c24-18-3-4-20(21(15-18)31-19-5-9-25-10-6-19)17-7-13-27(14-8-17)22(29)16-26-23(30)28-11-1-2-12-28/h3-4,15,17,19,25H,1-2,5-14,16H2,(H,26,30). The molecule has 0 atom stereocenters. The van der Waals surface area contributed by atoms with Gasteiger partial charge >= 0.3 is 6.03 Å². The molecule has 0 spiro atoms. The van der Waals surface area contributed by atoms with E-state index in [1.54, 1.807) is 4.90 Å². The van der Waals surface area contributed by atoms with Crippen LogP contribution in [0, 0.1) is 0 Å². The Balaban J connectivity index is 1.30. The van der Waals surface area contributed by atoms with E-state index in [9.17, 15) is 9.59 Å². The zero-order valence-corrected chi connectivity index (χ0v) is 18.8. The van der Waals surface area contributed by atoms with Crippen LogP contribution < -0.4 is 15.4 Å². The van der Waals surface area contributed by atoms with Gasteiger partial charge in [0.05, 0.1) is 6.54 Å². The van der Waals surface area contributed by atoms with Crippen molar-refractivity contribution in [3.63, 3.8) is 0 Å². The molecule has 0 saturated carbocycles. The van der Waals surface area contributed by atoms with E-state index < -0.39 is 0 Å². The van der Waals surface area contributed by atoms with Crippen molar-refractivity contribution < 1.29 is 14.3 Å². The second-order valence-electron chi connectivity index (χ2n) is 8.76. The van der Waals surface area contributed by atoms with Crippen LogP contribution in [0.25, 0.3) is 0 Å². The summed E-state index contributed by atoms with van der Waals surface area (Å²) < 4.78 is 6.35. The first-order valence-electron chi connectivity index (χ1n) is 11.6. The Kier molecular flexibility index (Phi) is 7.56. The van der Waals surface area contributed by atoms with Crippen molar-refractivity contribution in [2.24, 2.45) is 0 Å². The van der Waals surface area contributed by atoms with Crippen LogP contribution in [0.2, 0.25) is 5.02 Å². The van der Waals surface area contributed by atoms with Gasteiger partial charge in [0.15, 0.2) is 0 Å². The molecular weight excluding hydrogens is 416 g/mol. The van der Waals surface area contributed by atoms with E-state index in [4.69, 9.17) is 16.3 Å². The quantitative estimate of drug-likeness (QED) is 0.726. The minimum Gasteiger partial charge on any atom is -0.490 e. The Morgan fingerprint density at radius 3 is 2.45 bits per heavy atom. The van der Waals surface area contributed by atoms with Gasteiger partial charge in [0.25, 0.3) is 0 Å². The summed E-state index contributed by atoms with van der Waals surface area (Å²) in [6, 6.07) is 5.82. The van der Waals surface area contributed by atoms with Gasteiger partial charge in [-0.3, -0.25) is 4.79 Å². The topological polar surface area (TPSA) is 73.9 Å². The highest BCUT2D eigenvalue weighted by Crippen LogP contribution is 2.37. The molecule has 3 heterocycles. The number of carbonyl (C=O) groups is 2. The van der Waals surface area contributed by atoms with Gasteiger partial charge in [-0.2, -0.15) is 0 Å². The van der Waals surface area contributed by atoms with Crippen molar-refractivity contribution in [3.05, 3.63) is 28.8 Å². The van der Waals surface area contributed by atoms with Crippen LogP contribution in [0.15, 0.2) is 18.2 Å². The molecule has 3 amide bonds. The van der Waals surface area contributed by atoms with E-state index in [1.807, 2.05) is 17.0 Å². The Morgan fingerprint density at radius 1 is 1.03 bits per heavy atom. The van der Waals surface area contributed by atoms with Crippen LogP contribution >= 0.6 is 11.6 Å². The third kappa shape index (κ3) is 5.83. The number of nitrogens with one attached hydrogen (secondary N) is 2. The van der Waals surface area contributed by atoms with Crippen molar-refractivity contribution in [3.8, 4) is 5.75 Å². The van der Waals surface area contributed by atoms with Gasteiger partial charge in [0, 0.05) is 31.2 Å². The first-order chi connectivity index (χ1) is 15.1. The summed E-state index contributed by atoms with van der Waals surface area (Å²) >= 11 is 6.26. The number of amides is 3. The van der Waals surface area contributed by atoms with E-state index in [2.05, 4.69) is 16.7 Å². The maximum Gasteiger partial charge on any atom is 0.317 e. The van der Waals surface area contributed by atoms with Crippen LogP contribution in [0.1, 0.15) is 50.0 Å². The third-order valence-electron chi connectivity index (χ3n) is 6.63. The SMILES string of the molecule is O=C(CNC(=O)N1CCCC1)N1CCC(c2ccc(Cl)cc2OC2CCNCC2)CC1. The van der Waals surface area contributed by atoms with Crippen LogP contribution in [0.3, 0.4) is 0 Å². The van der Waals surface area contributed by atoms with E-state index in [0.717, 1.165) is 70.5 Å². The molecule has 31 heavy (non-hydrogen) atoms. The van der Waals surface area contributed by atoms with Gasteiger partial charge in [-0.1, -0.05) is 17.7 Å². The van der Waals surface area contributed by atoms with E-state index in [-0.39, 0.29) is 24.6 Å². The maximum absolute atomic E-state index is 12.6. The van der Waals surface area contributed by atoms with Crippen molar-refractivity contribution in [1.29, 1.82) is 0 Å². The number of urea groups is 1. The number of nitrogens with zero attached hydrogens (tertiary/aromatic N) is 2. The number of hydrogen-bond donors (Lipinski definition) is 2. The smallest absolute Gasteiger partial charge is 0.317 e. The Morgan fingerprint density at radius 2 is 1.74 bits per heavy atom. The number of rotatable bonds is 5.